The van der Waals surface area contributed by atoms with E-state index >= 15 is 0 Å². The average molecular weight is 304 g/mol. The first-order valence-corrected chi connectivity index (χ1v) is 7.35. The van der Waals surface area contributed by atoms with Crippen molar-refractivity contribution in [1.82, 2.24) is 9.55 Å². The van der Waals surface area contributed by atoms with Gasteiger partial charge in [0.05, 0.1) is 0 Å². The van der Waals surface area contributed by atoms with Crippen LogP contribution in [-0.2, 0) is 11.3 Å². The van der Waals surface area contributed by atoms with Crippen LogP contribution >= 0.6 is 12.2 Å². The molecule has 0 unspecified atom stereocenters. The van der Waals surface area contributed by atoms with Gasteiger partial charge in [0.1, 0.15) is 11.1 Å². The van der Waals surface area contributed by atoms with Crippen molar-refractivity contribution in [3.8, 4) is 0 Å². The normalized spacial score (nSPS) is 11.5. The number of hydrogen-bond acceptors (Lipinski definition) is 4. The van der Waals surface area contributed by atoms with E-state index in [1.54, 1.807) is 0 Å². The van der Waals surface area contributed by atoms with E-state index in [2.05, 4.69) is 4.98 Å². The molecule has 110 valence electrons. The van der Waals surface area contributed by atoms with E-state index < -0.39 is 0 Å². The summed E-state index contributed by atoms with van der Waals surface area (Å²) in [6.45, 7) is 3.74. The summed E-state index contributed by atoms with van der Waals surface area (Å²) in [7, 11) is 0. The third-order valence-electron chi connectivity index (χ3n) is 3.39. The minimum absolute atomic E-state index is 0.193. The molecule has 0 aliphatic rings. The highest BCUT2D eigenvalue weighted by atomic mass is 32.1. The third-order valence-corrected chi connectivity index (χ3v) is 3.71. The summed E-state index contributed by atoms with van der Waals surface area (Å²) in [5, 5.41) is 0.872. The zero-order chi connectivity index (χ0) is 14.8. The van der Waals surface area contributed by atoms with Gasteiger partial charge in [0.15, 0.2) is 4.77 Å². The number of aromatic amines is 1. The summed E-state index contributed by atoms with van der Waals surface area (Å²) in [6, 6.07) is 7.53. The van der Waals surface area contributed by atoms with Crippen LogP contribution in [0.3, 0.4) is 0 Å². The molecule has 3 rings (SSSR count). The van der Waals surface area contributed by atoms with Crippen molar-refractivity contribution < 1.29 is 9.15 Å². The van der Waals surface area contributed by atoms with Gasteiger partial charge in [-0.25, -0.2) is 0 Å². The maximum Gasteiger partial charge on any atom is 0.297 e. The summed E-state index contributed by atoms with van der Waals surface area (Å²) >= 11 is 5.30. The van der Waals surface area contributed by atoms with Crippen LogP contribution in [0.1, 0.15) is 13.3 Å². The lowest BCUT2D eigenvalue weighted by molar-refractivity contribution is 0.141. The van der Waals surface area contributed by atoms with Gasteiger partial charge in [-0.1, -0.05) is 12.1 Å². The number of rotatable bonds is 5. The molecule has 1 N–H and O–H groups in total. The topological polar surface area (TPSA) is 60.2 Å². The fourth-order valence-corrected chi connectivity index (χ4v) is 2.66. The molecular formula is C15H16N2O3S. The fourth-order valence-electron chi connectivity index (χ4n) is 2.38. The van der Waals surface area contributed by atoms with E-state index in [9.17, 15) is 4.79 Å². The molecule has 0 aliphatic carbocycles. The monoisotopic (exact) mass is 304 g/mol. The Morgan fingerprint density at radius 3 is 3.00 bits per heavy atom. The van der Waals surface area contributed by atoms with Crippen molar-refractivity contribution in [3.63, 3.8) is 0 Å². The quantitative estimate of drug-likeness (QED) is 0.581. The van der Waals surface area contributed by atoms with Gasteiger partial charge in [-0.05, 0) is 37.7 Å². The van der Waals surface area contributed by atoms with Crippen LogP contribution < -0.4 is 5.56 Å². The molecule has 2 heterocycles. The SMILES string of the molecule is CCOCCCn1c(=S)[nH]c2c(oc3ccccc32)c1=O. The minimum atomic E-state index is -0.193. The Hall–Kier alpha value is -1.92. The molecule has 6 heteroatoms. The first kappa shape index (κ1) is 14.0. The van der Waals surface area contributed by atoms with Crippen LogP contribution in [0.2, 0.25) is 0 Å². The van der Waals surface area contributed by atoms with Crippen molar-refractivity contribution >= 4 is 34.3 Å². The number of nitrogens with zero attached hydrogens (tertiary/aromatic N) is 1. The second kappa shape index (κ2) is 5.83. The lowest BCUT2D eigenvalue weighted by Crippen LogP contribution is -2.22. The predicted molar refractivity (Wildman–Crippen MR) is 84.3 cm³/mol. The van der Waals surface area contributed by atoms with E-state index in [4.69, 9.17) is 21.4 Å². The Bertz CT molecular complexity index is 891. The van der Waals surface area contributed by atoms with Crippen molar-refractivity contribution in [2.24, 2.45) is 0 Å². The number of H-pyrrole nitrogens is 1. The number of furan rings is 1. The van der Waals surface area contributed by atoms with Gasteiger partial charge in [-0.15, -0.1) is 0 Å². The molecule has 0 spiro atoms. The molecule has 3 aromatic rings. The number of para-hydroxylation sites is 1. The standard InChI is InChI=1S/C15H16N2O3S/c1-2-19-9-5-8-17-14(18)13-12(16-15(17)21)10-6-3-4-7-11(10)20-13/h3-4,6-7H,2,5,8-9H2,1H3,(H,16,21). The zero-order valence-corrected chi connectivity index (χ0v) is 12.5. The molecule has 0 bridgehead atoms. The number of hydrogen-bond donors (Lipinski definition) is 1. The summed E-state index contributed by atoms with van der Waals surface area (Å²) in [6.07, 6.45) is 0.733. The number of fused-ring (bicyclic) bond motifs is 3. The second-order valence-corrected chi connectivity index (χ2v) is 5.13. The summed E-state index contributed by atoms with van der Waals surface area (Å²) in [5.74, 6) is 0. The molecule has 0 saturated carbocycles. The largest absolute Gasteiger partial charge is 0.449 e. The highest BCUT2D eigenvalue weighted by Crippen LogP contribution is 2.24. The molecule has 0 saturated heterocycles. The molecule has 0 amide bonds. The van der Waals surface area contributed by atoms with Crippen molar-refractivity contribution in [2.75, 3.05) is 13.2 Å². The number of nitrogens with one attached hydrogen (secondary N) is 1. The predicted octanol–water partition coefficient (Wildman–Crippen LogP) is 3.23. The van der Waals surface area contributed by atoms with Crippen LogP contribution in [0.15, 0.2) is 33.5 Å². The van der Waals surface area contributed by atoms with Gasteiger partial charge in [0.2, 0.25) is 5.58 Å². The van der Waals surface area contributed by atoms with E-state index in [0.29, 0.717) is 41.2 Å². The molecule has 0 aliphatic heterocycles. The van der Waals surface area contributed by atoms with Crippen LogP contribution in [0.25, 0.3) is 22.1 Å². The molecular weight excluding hydrogens is 288 g/mol. The van der Waals surface area contributed by atoms with Crippen molar-refractivity contribution in [2.45, 2.75) is 19.9 Å². The van der Waals surface area contributed by atoms with Crippen LogP contribution in [0.4, 0.5) is 0 Å². The average Bonchev–Trinajstić information content (AvgIpc) is 2.85. The van der Waals surface area contributed by atoms with E-state index in [0.717, 1.165) is 11.8 Å². The minimum Gasteiger partial charge on any atom is -0.449 e. The van der Waals surface area contributed by atoms with E-state index in [-0.39, 0.29) is 5.56 Å². The van der Waals surface area contributed by atoms with Gasteiger partial charge >= 0.3 is 0 Å². The summed E-state index contributed by atoms with van der Waals surface area (Å²) in [5.41, 5.74) is 1.48. The van der Waals surface area contributed by atoms with Crippen molar-refractivity contribution in [1.29, 1.82) is 0 Å². The molecule has 2 aromatic heterocycles. The highest BCUT2D eigenvalue weighted by molar-refractivity contribution is 7.71. The zero-order valence-electron chi connectivity index (χ0n) is 11.7. The molecule has 5 nitrogen and oxygen atoms in total. The van der Waals surface area contributed by atoms with Gasteiger partial charge in [-0.3, -0.25) is 9.36 Å². The van der Waals surface area contributed by atoms with Gasteiger partial charge in [-0.2, -0.15) is 0 Å². The molecule has 0 atom stereocenters. The van der Waals surface area contributed by atoms with Crippen LogP contribution in [0.5, 0.6) is 0 Å². The molecule has 0 fully saturated rings. The summed E-state index contributed by atoms with van der Waals surface area (Å²) in [4.78, 5) is 15.6. The highest BCUT2D eigenvalue weighted by Gasteiger charge is 2.13. The van der Waals surface area contributed by atoms with E-state index in [1.807, 2.05) is 31.2 Å². The number of aromatic nitrogens is 2. The van der Waals surface area contributed by atoms with Gasteiger partial charge in [0.25, 0.3) is 5.56 Å². The smallest absolute Gasteiger partial charge is 0.297 e. The Morgan fingerprint density at radius 1 is 1.38 bits per heavy atom. The molecule has 1 aromatic carbocycles. The molecule has 21 heavy (non-hydrogen) atoms. The van der Waals surface area contributed by atoms with Crippen LogP contribution in [0, 0.1) is 4.77 Å². The van der Waals surface area contributed by atoms with E-state index in [1.165, 1.54) is 4.57 Å². The Balaban J connectivity index is 2.09. The molecule has 0 radical (unpaired) electrons. The maximum atomic E-state index is 12.5. The van der Waals surface area contributed by atoms with Crippen molar-refractivity contribution in [3.05, 3.63) is 39.4 Å². The van der Waals surface area contributed by atoms with Gasteiger partial charge in [0, 0.05) is 25.1 Å². The number of benzene rings is 1. The summed E-state index contributed by atoms with van der Waals surface area (Å²) < 4.78 is 12.9. The Morgan fingerprint density at radius 2 is 2.19 bits per heavy atom. The lowest BCUT2D eigenvalue weighted by Gasteiger charge is -2.05. The second-order valence-electron chi connectivity index (χ2n) is 4.74. The first-order valence-electron chi connectivity index (χ1n) is 6.94. The number of ether oxygens (including phenoxy) is 1. The Kier molecular flexibility index (Phi) is 3.90. The van der Waals surface area contributed by atoms with Gasteiger partial charge < -0.3 is 14.1 Å². The maximum absolute atomic E-state index is 12.5. The third kappa shape index (κ3) is 2.52. The Labute approximate surface area is 126 Å². The fraction of sp³-hybridized carbons (Fsp3) is 0.333. The van der Waals surface area contributed by atoms with Crippen LogP contribution in [-0.4, -0.2) is 22.8 Å². The first-order chi connectivity index (χ1) is 10.2. The lowest BCUT2D eigenvalue weighted by atomic mass is 10.2.